The fraction of sp³-hybridized carbons (Fsp3) is 0.267. The molecule has 0 saturated heterocycles. The van der Waals surface area contributed by atoms with E-state index >= 15 is 0 Å². The molecule has 3 heteroatoms. The maximum Gasteiger partial charge on any atom is 0.126 e. The quantitative estimate of drug-likeness (QED) is 0.891. The van der Waals surface area contributed by atoms with Crippen LogP contribution >= 0.6 is 0 Å². The van der Waals surface area contributed by atoms with E-state index in [9.17, 15) is 0 Å². The molecule has 0 atom stereocenters. The number of aromatic nitrogens is 1. The number of ether oxygens (including phenoxy) is 1. The molecule has 0 fully saturated rings. The smallest absolute Gasteiger partial charge is 0.126 e. The maximum atomic E-state index is 5.17. The average Bonchev–Trinajstić information content (AvgIpc) is 2.39. The molecule has 18 heavy (non-hydrogen) atoms. The third-order valence-electron chi connectivity index (χ3n) is 2.92. The van der Waals surface area contributed by atoms with Gasteiger partial charge in [0.05, 0.1) is 12.6 Å². The molecule has 0 bridgehead atoms. The minimum absolute atomic E-state index is 0.180. The van der Waals surface area contributed by atoms with Crippen LogP contribution in [0, 0.1) is 0 Å². The molecule has 0 amide bonds. The largest absolute Gasteiger partial charge is 0.497 e. The number of hydrogen-bond donors (Lipinski definition) is 1. The highest BCUT2D eigenvalue weighted by molar-refractivity contribution is 5.41. The molecular weight excluding hydrogens is 224 g/mol. The number of nitrogens with one attached hydrogen (secondary N) is 1. The van der Waals surface area contributed by atoms with Crippen LogP contribution in [0.3, 0.4) is 0 Å². The summed E-state index contributed by atoms with van der Waals surface area (Å²) in [5, 5.41) is 3.42. The Morgan fingerprint density at radius 1 is 1.06 bits per heavy atom. The Bertz CT molecular complexity index is 492. The second-order valence-corrected chi connectivity index (χ2v) is 4.69. The number of benzene rings is 1. The third kappa shape index (κ3) is 2.80. The monoisotopic (exact) mass is 242 g/mol. The fourth-order valence-corrected chi connectivity index (χ4v) is 1.84. The van der Waals surface area contributed by atoms with Crippen LogP contribution in [-0.4, -0.2) is 12.1 Å². The van der Waals surface area contributed by atoms with Crippen molar-refractivity contribution < 1.29 is 4.74 Å². The summed E-state index contributed by atoms with van der Waals surface area (Å²) in [4.78, 5) is 4.29. The molecule has 1 aromatic heterocycles. The molecule has 0 unspecified atom stereocenters. The summed E-state index contributed by atoms with van der Waals surface area (Å²) in [5.41, 5.74) is 1.01. The second-order valence-electron chi connectivity index (χ2n) is 4.69. The lowest BCUT2D eigenvalue weighted by molar-refractivity contribution is 0.414. The van der Waals surface area contributed by atoms with Crippen LogP contribution in [0.25, 0.3) is 0 Å². The lowest BCUT2D eigenvalue weighted by Gasteiger charge is -2.27. The van der Waals surface area contributed by atoms with Crippen molar-refractivity contribution in [1.29, 1.82) is 0 Å². The van der Waals surface area contributed by atoms with Crippen molar-refractivity contribution in [3.8, 4) is 5.75 Å². The van der Waals surface area contributed by atoms with Gasteiger partial charge in [-0.3, -0.25) is 0 Å². The Balaban J connectivity index is 2.19. The molecular formula is C15H18N2O. The van der Waals surface area contributed by atoms with Gasteiger partial charge in [-0.2, -0.15) is 0 Å². The highest BCUT2D eigenvalue weighted by Gasteiger charge is 2.20. The van der Waals surface area contributed by atoms with Gasteiger partial charge < -0.3 is 10.1 Å². The second kappa shape index (κ2) is 5.08. The molecule has 0 radical (unpaired) electrons. The van der Waals surface area contributed by atoms with Crippen LogP contribution in [0.1, 0.15) is 19.4 Å². The molecule has 1 N–H and O–H groups in total. The summed E-state index contributed by atoms with van der Waals surface area (Å²) in [6, 6.07) is 13.9. The lowest BCUT2D eigenvalue weighted by atomic mass is 9.94. The first-order chi connectivity index (χ1) is 8.62. The fourth-order valence-electron chi connectivity index (χ4n) is 1.84. The van der Waals surface area contributed by atoms with E-state index in [0.717, 1.165) is 11.6 Å². The zero-order valence-electron chi connectivity index (χ0n) is 11.0. The number of hydrogen-bond acceptors (Lipinski definition) is 3. The van der Waals surface area contributed by atoms with Crippen LogP contribution in [-0.2, 0) is 5.54 Å². The number of nitrogens with zero attached hydrogens (tertiary/aromatic N) is 1. The summed E-state index contributed by atoms with van der Waals surface area (Å²) in [7, 11) is 1.67. The van der Waals surface area contributed by atoms with Crippen molar-refractivity contribution in [1.82, 2.24) is 4.98 Å². The molecule has 0 saturated carbocycles. The molecule has 1 heterocycles. The summed E-state index contributed by atoms with van der Waals surface area (Å²) in [6.07, 6.45) is 1.78. The first kappa shape index (κ1) is 12.4. The number of methoxy groups -OCH3 is 1. The molecule has 0 aliphatic rings. The van der Waals surface area contributed by atoms with E-state index in [1.165, 1.54) is 5.56 Å². The number of pyridine rings is 1. The van der Waals surface area contributed by atoms with E-state index in [2.05, 4.69) is 36.3 Å². The van der Waals surface area contributed by atoms with Gasteiger partial charge >= 0.3 is 0 Å². The normalized spacial score (nSPS) is 11.1. The van der Waals surface area contributed by atoms with E-state index < -0.39 is 0 Å². The highest BCUT2D eigenvalue weighted by Crippen LogP contribution is 2.26. The van der Waals surface area contributed by atoms with E-state index in [-0.39, 0.29) is 5.54 Å². The Morgan fingerprint density at radius 2 is 1.78 bits per heavy atom. The predicted molar refractivity (Wildman–Crippen MR) is 73.9 cm³/mol. The standard InChI is InChI=1S/C15H18N2O/c1-15(2,17-14-6-4-5-11-16-14)12-7-9-13(18-3)10-8-12/h4-11H,1-3H3,(H,16,17). The molecule has 2 aromatic rings. The van der Waals surface area contributed by atoms with Crippen LogP contribution in [0.15, 0.2) is 48.7 Å². The van der Waals surface area contributed by atoms with Gasteiger partial charge in [0.25, 0.3) is 0 Å². The third-order valence-corrected chi connectivity index (χ3v) is 2.92. The van der Waals surface area contributed by atoms with E-state index in [1.807, 2.05) is 30.3 Å². The highest BCUT2D eigenvalue weighted by atomic mass is 16.5. The minimum atomic E-state index is -0.180. The molecule has 0 aliphatic carbocycles. The molecule has 94 valence electrons. The summed E-state index contributed by atoms with van der Waals surface area (Å²) < 4.78 is 5.17. The van der Waals surface area contributed by atoms with E-state index in [4.69, 9.17) is 4.74 Å². The minimum Gasteiger partial charge on any atom is -0.497 e. The molecule has 0 aliphatic heterocycles. The van der Waals surface area contributed by atoms with Crippen molar-refractivity contribution in [3.63, 3.8) is 0 Å². The Kier molecular flexibility index (Phi) is 3.51. The van der Waals surface area contributed by atoms with E-state index in [1.54, 1.807) is 13.3 Å². The van der Waals surface area contributed by atoms with Crippen molar-refractivity contribution in [2.24, 2.45) is 0 Å². The summed E-state index contributed by atoms with van der Waals surface area (Å²) >= 11 is 0. The topological polar surface area (TPSA) is 34.1 Å². The van der Waals surface area contributed by atoms with Crippen LogP contribution < -0.4 is 10.1 Å². The van der Waals surface area contributed by atoms with Crippen LogP contribution in [0.2, 0.25) is 0 Å². The van der Waals surface area contributed by atoms with Crippen LogP contribution in [0.4, 0.5) is 5.82 Å². The maximum absolute atomic E-state index is 5.17. The molecule has 2 rings (SSSR count). The van der Waals surface area contributed by atoms with Gasteiger partial charge in [0.15, 0.2) is 0 Å². The first-order valence-corrected chi connectivity index (χ1v) is 5.95. The molecule has 3 nitrogen and oxygen atoms in total. The molecule has 0 spiro atoms. The van der Waals surface area contributed by atoms with Gasteiger partial charge in [-0.25, -0.2) is 4.98 Å². The zero-order valence-corrected chi connectivity index (χ0v) is 11.0. The van der Waals surface area contributed by atoms with Crippen molar-refractivity contribution in [2.75, 3.05) is 12.4 Å². The number of rotatable bonds is 4. The van der Waals surface area contributed by atoms with Crippen LogP contribution in [0.5, 0.6) is 5.75 Å². The first-order valence-electron chi connectivity index (χ1n) is 5.95. The van der Waals surface area contributed by atoms with Gasteiger partial charge in [0.2, 0.25) is 0 Å². The van der Waals surface area contributed by atoms with Crippen molar-refractivity contribution >= 4 is 5.82 Å². The zero-order chi connectivity index (χ0) is 13.0. The summed E-state index contributed by atoms with van der Waals surface area (Å²) in [6.45, 7) is 4.26. The van der Waals surface area contributed by atoms with Gasteiger partial charge in [-0.05, 0) is 43.7 Å². The van der Waals surface area contributed by atoms with E-state index in [0.29, 0.717) is 0 Å². The summed E-state index contributed by atoms with van der Waals surface area (Å²) in [5.74, 6) is 1.74. The Morgan fingerprint density at radius 3 is 2.33 bits per heavy atom. The Labute approximate surface area is 108 Å². The van der Waals surface area contributed by atoms with Gasteiger partial charge in [0, 0.05) is 6.20 Å². The number of anilines is 1. The Hall–Kier alpha value is -2.03. The van der Waals surface area contributed by atoms with Gasteiger partial charge in [0.1, 0.15) is 11.6 Å². The predicted octanol–water partition coefficient (Wildman–Crippen LogP) is 3.44. The average molecular weight is 242 g/mol. The van der Waals surface area contributed by atoms with Crippen molar-refractivity contribution in [2.45, 2.75) is 19.4 Å². The lowest BCUT2D eigenvalue weighted by Crippen LogP contribution is -2.28. The van der Waals surface area contributed by atoms with Gasteiger partial charge in [-0.1, -0.05) is 18.2 Å². The van der Waals surface area contributed by atoms with Gasteiger partial charge in [-0.15, -0.1) is 0 Å². The molecule has 1 aromatic carbocycles. The SMILES string of the molecule is COc1ccc(C(C)(C)Nc2ccccn2)cc1. The van der Waals surface area contributed by atoms with Crippen molar-refractivity contribution in [3.05, 3.63) is 54.2 Å².